The largest absolute Gasteiger partial charge is 0.493 e. The van der Waals surface area contributed by atoms with Crippen LogP contribution in [0.25, 0.3) is 0 Å². The van der Waals surface area contributed by atoms with Crippen LogP contribution in [-0.2, 0) is 21.2 Å². The van der Waals surface area contributed by atoms with Crippen LogP contribution in [-0.4, -0.2) is 41.6 Å². The first-order valence-electron chi connectivity index (χ1n) is 8.56. The molecule has 1 aliphatic heterocycles. The van der Waals surface area contributed by atoms with E-state index in [-0.39, 0.29) is 23.8 Å². The quantitative estimate of drug-likeness (QED) is 0.781. The molecule has 0 radical (unpaired) electrons. The highest BCUT2D eigenvalue weighted by Crippen LogP contribution is 2.30. The van der Waals surface area contributed by atoms with E-state index in [1.807, 2.05) is 24.3 Å². The van der Waals surface area contributed by atoms with Crippen LogP contribution in [0.5, 0.6) is 11.5 Å². The fourth-order valence-electron chi connectivity index (χ4n) is 3.09. The highest BCUT2D eigenvalue weighted by Gasteiger charge is 2.24. The molecule has 0 saturated carbocycles. The van der Waals surface area contributed by atoms with E-state index in [9.17, 15) is 13.2 Å². The van der Waals surface area contributed by atoms with Crippen molar-refractivity contribution in [2.75, 3.05) is 32.2 Å². The molecule has 144 valence electrons. The normalized spacial score (nSPS) is 13.3. The summed E-state index contributed by atoms with van der Waals surface area (Å²) >= 11 is 0. The Morgan fingerprint density at radius 1 is 1.11 bits per heavy atom. The van der Waals surface area contributed by atoms with Gasteiger partial charge in [0.05, 0.1) is 19.1 Å². The summed E-state index contributed by atoms with van der Waals surface area (Å²) in [5.41, 5.74) is 2.04. The Kier molecular flexibility index (Phi) is 5.67. The Bertz CT molecular complexity index is 943. The third-order valence-electron chi connectivity index (χ3n) is 4.48. The van der Waals surface area contributed by atoms with Crippen molar-refractivity contribution >= 4 is 21.6 Å². The van der Waals surface area contributed by atoms with Crippen LogP contribution in [0.15, 0.2) is 47.4 Å². The van der Waals surface area contributed by atoms with Crippen molar-refractivity contribution in [2.45, 2.75) is 17.7 Å². The number of carbonyl (C=O) groups is 1. The number of hydrogen-bond donors (Lipinski definition) is 1. The smallest absolute Gasteiger partial charge is 0.240 e. The first-order chi connectivity index (χ1) is 13.0. The molecule has 0 fully saturated rings. The van der Waals surface area contributed by atoms with Crippen molar-refractivity contribution in [3.63, 3.8) is 0 Å². The number of sulfonamides is 1. The first-order valence-corrected chi connectivity index (χ1v) is 10.0. The van der Waals surface area contributed by atoms with Crippen molar-refractivity contribution in [2.24, 2.45) is 0 Å². The molecule has 8 heteroatoms. The summed E-state index contributed by atoms with van der Waals surface area (Å²) in [5, 5.41) is 0. The van der Waals surface area contributed by atoms with Gasteiger partial charge in [0.15, 0.2) is 11.5 Å². The van der Waals surface area contributed by atoms with Crippen molar-refractivity contribution in [1.82, 2.24) is 4.72 Å². The molecule has 2 aromatic carbocycles. The van der Waals surface area contributed by atoms with Crippen molar-refractivity contribution in [3.05, 3.63) is 48.0 Å². The fourth-order valence-corrected chi connectivity index (χ4v) is 4.14. The van der Waals surface area contributed by atoms with E-state index in [0.29, 0.717) is 18.0 Å². The van der Waals surface area contributed by atoms with Crippen LogP contribution >= 0.6 is 0 Å². The molecule has 0 aliphatic carbocycles. The van der Waals surface area contributed by atoms with Gasteiger partial charge in [0.1, 0.15) is 0 Å². The van der Waals surface area contributed by atoms with Gasteiger partial charge in [-0.15, -0.1) is 0 Å². The van der Waals surface area contributed by atoms with E-state index in [4.69, 9.17) is 9.47 Å². The minimum absolute atomic E-state index is 0.0220. The number of carbonyl (C=O) groups excluding carboxylic acids is 1. The Labute approximate surface area is 158 Å². The molecule has 0 bridgehead atoms. The van der Waals surface area contributed by atoms with Gasteiger partial charge < -0.3 is 14.4 Å². The molecular weight excluding hydrogens is 368 g/mol. The van der Waals surface area contributed by atoms with Crippen LogP contribution in [0.1, 0.15) is 12.0 Å². The van der Waals surface area contributed by atoms with E-state index in [1.165, 1.54) is 32.4 Å². The number of hydrogen-bond acceptors (Lipinski definition) is 5. The summed E-state index contributed by atoms with van der Waals surface area (Å²) in [6, 6.07) is 12.1. The number of rotatable bonds is 7. The zero-order valence-electron chi connectivity index (χ0n) is 15.3. The molecule has 1 aliphatic rings. The summed E-state index contributed by atoms with van der Waals surface area (Å²) in [7, 11) is -0.837. The zero-order valence-corrected chi connectivity index (χ0v) is 16.1. The van der Waals surface area contributed by atoms with Crippen LogP contribution in [0, 0.1) is 0 Å². The predicted molar refractivity (Wildman–Crippen MR) is 102 cm³/mol. The Balaban J connectivity index is 1.62. The van der Waals surface area contributed by atoms with Crippen LogP contribution in [0.4, 0.5) is 5.69 Å². The van der Waals surface area contributed by atoms with Gasteiger partial charge in [-0.25, -0.2) is 13.1 Å². The first kappa shape index (κ1) is 19.2. The number of para-hydroxylation sites is 1. The maximum atomic E-state index is 12.5. The number of nitrogens with zero attached hydrogens (tertiary/aromatic N) is 1. The summed E-state index contributed by atoms with van der Waals surface area (Å²) in [6.45, 7) is 0.648. The van der Waals surface area contributed by atoms with Gasteiger partial charge in [-0.3, -0.25) is 4.79 Å². The molecule has 7 nitrogen and oxygen atoms in total. The lowest BCUT2D eigenvalue weighted by atomic mass is 10.2. The molecule has 3 rings (SSSR count). The lowest BCUT2D eigenvalue weighted by Gasteiger charge is -2.17. The summed E-state index contributed by atoms with van der Waals surface area (Å²) in [4.78, 5) is 14.2. The second-order valence-corrected chi connectivity index (χ2v) is 7.86. The molecule has 1 N–H and O–H groups in total. The maximum Gasteiger partial charge on any atom is 0.240 e. The van der Waals surface area contributed by atoms with Crippen molar-refractivity contribution < 1.29 is 22.7 Å². The van der Waals surface area contributed by atoms with E-state index >= 15 is 0 Å². The monoisotopic (exact) mass is 390 g/mol. The van der Waals surface area contributed by atoms with Gasteiger partial charge in [0, 0.05) is 31.3 Å². The maximum absolute atomic E-state index is 12.5. The topological polar surface area (TPSA) is 84.9 Å². The fraction of sp³-hybridized carbons (Fsp3) is 0.316. The lowest BCUT2D eigenvalue weighted by molar-refractivity contribution is -0.118. The van der Waals surface area contributed by atoms with Crippen molar-refractivity contribution in [3.8, 4) is 11.5 Å². The average Bonchev–Trinajstić information content (AvgIpc) is 3.11. The van der Waals surface area contributed by atoms with Gasteiger partial charge in [-0.05, 0) is 30.2 Å². The zero-order chi connectivity index (χ0) is 19.4. The van der Waals surface area contributed by atoms with Crippen LogP contribution in [0.3, 0.4) is 0 Å². The van der Waals surface area contributed by atoms with E-state index in [1.54, 1.807) is 4.90 Å². The van der Waals surface area contributed by atoms with Gasteiger partial charge in [0.25, 0.3) is 0 Å². The number of ether oxygens (including phenoxy) is 2. The highest BCUT2D eigenvalue weighted by molar-refractivity contribution is 7.89. The molecule has 0 aromatic heterocycles. The third-order valence-corrected chi connectivity index (χ3v) is 5.94. The molecule has 2 aromatic rings. The average molecular weight is 390 g/mol. The Morgan fingerprint density at radius 2 is 1.85 bits per heavy atom. The van der Waals surface area contributed by atoms with Gasteiger partial charge in [-0.1, -0.05) is 18.2 Å². The summed E-state index contributed by atoms with van der Waals surface area (Å²) in [5.74, 6) is 0.666. The molecule has 0 atom stereocenters. The number of anilines is 1. The van der Waals surface area contributed by atoms with Gasteiger partial charge >= 0.3 is 0 Å². The van der Waals surface area contributed by atoms with E-state index < -0.39 is 10.0 Å². The molecule has 0 unspecified atom stereocenters. The minimum atomic E-state index is -3.75. The van der Waals surface area contributed by atoms with E-state index in [2.05, 4.69) is 4.72 Å². The Morgan fingerprint density at radius 3 is 2.59 bits per heavy atom. The van der Waals surface area contributed by atoms with Crippen LogP contribution < -0.4 is 19.1 Å². The predicted octanol–water partition coefficient (Wildman–Crippen LogP) is 1.96. The van der Waals surface area contributed by atoms with Crippen molar-refractivity contribution in [1.29, 1.82) is 0 Å². The number of amides is 1. The molecule has 1 amide bonds. The minimum Gasteiger partial charge on any atom is -0.493 e. The number of fused-ring (bicyclic) bond motifs is 1. The number of nitrogens with one attached hydrogen (secondary N) is 1. The third kappa shape index (κ3) is 4.06. The second-order valence-electron chi connectivity index (χ2n) is 6.09. The van der Waals surface area contributed by atoms with E-state index in [0.717, 1.165) is 17.7 Å². The standard InChI is InChI=1S/C19H22N2O5S/c1-25-17-8-7-15(13-18(17)26-2)27(23,24)20-11-9-19(22)21-12-10-14-5-3-4-6-16(14)21/h3-8,13,20H,9-12H2,1-2H3. The Hall–Kier alpha value is -2.58. The molecule has 27 heavy (non-hydrogen) atoms. The number of methoxy groups -OCH3 is 2. The number of benzene rings is 2. The SMILES string of the molecule is COc1ccc(S(=O)(=O)NCCC(=O)N2CCc3ccccc32)cc1OC. The molecule has 0 saturated heterocycles. The molecule has 0 spiro atoms. The summed E-state index contributed by atoms with van der Waals surface area (Å²) < 4.78 is 37.7. The molecular formula is C19H22N2O5S. The van der Waals surface area contributed by atoms with Gasteiger partial charge in [-0.2, -0.15) is 0 Å². The lowest BCUT2D eigenvalue weighted by Crippen LogP contribution is -2.33. The van der Waals surface area contributed by atoms with Gasteiger partial charge in [0.2, 0.25) is 15.9 Å². The second kappa shape index (κ2) is 7.98. The van der Waals surface area contributed by atoms with Crippen LogP contribution in [0.2, 0.25) is 0 Å². The summed E-state index contributed by atoms with van der Waals surface area (Å²) in [6.07, 6.45) is 0.903. The molecule has 1 heterocycles. The highest BCUT2D eigenvalue weighted by atomic mass is 32.2.